The van der Waals surface area contributed by atoms with E-state index in [1.54, 1.807) is 0 Å². The molecule has 0 aromatic rings. The van der Waals surface area contributed by atoms with Crippen LogP contribution in [0.1, 0.15) is 0 Å². The van der Waals surface area contributed by atoms with Gasteiger partial charge in [-0.3, -0.25) is 0 Å². The molecule has 40 heavy (non-hydrogen) atoms. The van der Waals surface area contributed by atoms with Gasteiger partial charge in [0.15, 0.2) is 0 Å². The summed E-state index contributed by atoms with van der Waals surface area (Å²) in [6.45, 7) is -2.59. The molecule has 0 aliphatic carbocycles. The molecule has 0 bridgehead atoms. The van der Waals surface area contributed by atoms with Crippen molar-refractivity contribution in [1.82, 2.24) is 0 Å². The number of carbonyl (C=O) groups excluding carboxylic acids is 3. The standard InChI is InChI=1S/3C6H12O7.Nd/c3*7-1-2(8)3(9)4(10)5(11)6(12)13;/h3*2-5,7-11H,1H2,(H,12,13);/q;;;+3/p-3/t3*2-,3-,4+,5-;/m111./s1. The van der Waals surface area contributed by atoms with Crippen LogP contribution in [0.2, 0.25) is 0 Å². The van der Waals surface area contributed by atoms with Crippen LogP contribution in [0.3, 0.4) is 0 Å². The van der Waals surface area contributed by atoms with Gasteiger partial charge in [-0.15, -0.1) is 0 Å². The Morgan fingerprint density at radius 3 is 0.650 bits per heavy atom. The summed E-state index contributed by atoms with van der Waals surface area (Å²) in [5, 5.41) is 160. The fraction of sp³-hybridized carbons (Fsp3) is 0.833. The Kier molecular flexibility index (Phi) is 27.3. The normalized spacial score (nSPS) is 19.9. The summed E-state index contributed by atoms with van der Waals surface area (Å²) in [5.41, 5.74) is 0. The second-order valence-electron chi connectivity index (χ2n) is 7.48. The van der Waals surface area contributed by atoms with E-state index in [2.05, 4.69) is 0 Å². The first kappa shape index (κ1) is 46.1. The Morgan fingerprint density at radius 1 is 0.400 bits per heavy atom. The minimum atomic E-state index is -2.31. The molecule has 0 aliphatic rings. The van der Waals surface area contributed by atoms with E-state index >= 15 is 0 Å². The van der Waals surface area contributed by atoms with Gasteiger partial charge >= 0.3 is 40.8 Å². The molecule has 0 spiro atoms. The molecule has 0 amide bonds. The smallest absolute Gasteiger partial charge is 0.547 e. The van der Waals surface area contributed by atoms with E-state index < -0.39 is 111 Å². The zero-order chi connectivity index (χ0) is 31.8. The van der Waals surface area contributed by atoms with Gasteiger partial charge in [0.2, 0.25) is 0 Å². The van der Waals surface area contributed by atoms with Crippen molar-refractivity contribution < 1.29 is 147 Å². The van der Waals surface area contributed by atoms with Crippen LogP contribution in [-0.4, -0.2) is 188 Å². The average Bonchev–Trinajstić information content (AvgIpc) is 2.92. The monoisotopic (exact) mass is 727 g/mol. The molecule has 0 aromatic carbocycles. The van der Waals surface area contributed by atoms with Crippen molar-refractivity contribution >= 4 is 17.9 Å². The van der Waals surface area contributed by atoms with Crippen LogP contribution >= 0.6 is 0 Å². The minimum Gasteiger partial charge on any atom is -0.547 e. The maximum atomic E-state index is 9.98. The van der Waals surface area contributed by atoms with Crippen molar-refractivity contribution in [2.45, 2.75) is 73.2 Å². The number of aliphatic carboxylic acids is 3. The molecule has 15 N–H and O–H groups in total. The molecule has 0 aliphatic heterocycles. The Bertz CT molecular complexity index is 608. The van der Waals surface area contributed by atoms with Crippen LogP contribution in [0.25, 0.3) is 0 Å². The molecule has 0 unspecified atom stereocenters. The van der Waals surface area contributed by atoms with Gasteiger partial charge in [0.05, 0.1) is 37.7 Å². The first-order chi connectivity index (χ1) is 17.7. The van der Waals surface area contributed by atoms with Crippen molar-refractivity contribution in [3.05, 3.63) is 0 Å². The van der Waals surface area contributed by atoms with Crippen LogP contribution < -0.4 is 15.3 Å². The first-order valence-electron chi connectivity index (χ1n) is 10.4. The molecular formula is C18H33NdO21. The van der Waals surface area contributed by atoms with E-state index in [1.807, 2.05) is 0 Å². The largest absolute Gasteiger partial charge is 3.00 e. The van der Waals surface area contributed by atoms with Crippen molar-refractivity contribution in [1.29, 1.82) is 0 Å². The molecular weight excluding hydrogens is 696 g/mol. The van der Waals surface area contributed by atoms with Gasteiger partial charge in [0.1, 0.15) is 73.2 Å². The number of carboxylic acid groups (broad SMARTS) is 3. The predicted octanol–water partition coefficient (Wildman–Crippen LogP) is -14.5. The first-order valence-corrected chi connectivity index (χ1v) is 10.4. The van der Waals surface area contributed by atoms with Gasteiger partial charge in [0, 0.05) is 0 Å². The van der Waals surface area contributed by atoms with Crippen molar-refractivity contribution in [3.8, 4) is 0 Å². The predicted molar refractivity (Wildman–Crippen MR) is 108 cm³/mol. The molecule has 1 radical (unpaired) electrons. The molecule has 0 saturated heterocycles. The molecule has 235 valence electrons. The third-order valence-electron chi connectivity index (χ3n) is 4.49. The number of aliphatic hydroxyl groups is 15. The van der Waals surface area contributed by atoms with E-state index in [0.29, 0.717) is 0 Å². The van der Waals surface area contributed by atoms with E-state index in [-0.39, 0.29) is 40.8 Å². The minimum absolute atomic E-state index is 0. The Hall–Kier alpha value is -0.839. The molecule has 0 saturated carbocycles. The third-order valence-corrected chi connectivity index (χ3v) is 4.49. The van der Waals surface area contributed by atoms with Crippen molar-refractivity contribution in [2.75, 3.05) is 19.8 Å². The van der Waals surface area contributed by atoms with Crippen LogP contribution in [0.15, 0.2) is 0 Å². The zero-order valence-corrected chi connectivity index (χ0v) is 23.4. The van der Waals surface area contributed by atoms with Gasteiger partial charge in [-0.2, -0.15) is 0 Å². The van der Waals surface area contributed by atoms with Crippen LogP contribution in [0.5, 0.6) is 0 Å². The van der Waals surface area contributed by atoms with E-state index in [4.69, 9.17) is 76.6 Å². The van der Waals surface area contributed by atoms with Crippen molar-refractivity contribution in [3.63, 3.8) is 0 Å². The summed E-state index contributed by atoms with van der Waals surface area (Å²) in [6, 6.07) is 0. The van der Waals surface area contributed by atoms with Crippen LogP contribution in [0.4, 0.5) is 0 Å². The molecule has 0 heterocycles. The maximum Gasteiger partial charge on any atom is 3.00 e. The third kappa shape index (κ3) is 17.2. The van der Waals surface area contributed by atoms with Crippen molar-refractivity contribution in [2.24, 2.45) is 0 Å². The van der Waals surface area contributed by atoms with Gasteiger partial charge < -0.3 is 106 Å². The second-order valence-corrected chi connectivity index (χ2v) is 7.48. The molecule has 21 nitrogen and oxygen atoms in total. The summed E-state index contributed by atoms with van der Waals surface area (Å²) in [7, 11) is 0. The van der Waals surface area contributed by atoms with Gasteiger partial charge in [0.25, 0.3) is 0 Å². The van der Waals surface area contributed by atoms with Crippen LogP contribution in [0, 0.1) is 40.8 Å². The fourth-order valence-electron chi connectivity index (χ4n) is 1.99. The molecule has 12 atom stereocenters. The second kappa shape index (κ2) is 23.7. The number of hydrogen-bond donors (Lipinski definition) is 15. The molecule has 22 heteroatoms. The molecule has 0 fully saturated rings. The Labute approximate surface area is 257 Å². The number of carboxylic acids is 3. The van der Waals surface area contributed by atoms with Gasteiger partial charge in [-0.25, -0.2) is 0 Å². The summed E-state index contributed by atoms with van der Waals surface area (Å²) < 4.78 is 0. The summed E-state index contributed by atoms with van der Waals surface area (Å²) in [6.07, 6.45) is -24.2. The quantitative estimate of drug-likeness (QED) is 0.0743. The number of carbonyl (C=O) groups is 3. The van der Waals surface area contributed by atoms with E-state index in [1.165, 1.54) is 0 Å². The number of hydrogen-bond acceptors (Lipinski definition) is 21. The van der Waals surface area contributed by atoms with Gasteiger partial charge in [-0.05, 0) is 0 Å². The Morgan fingerprint density at radius 2 is 0.550 bits per heavy atom. The summed E-state index contributed by atoms with van der Waals surface area (Å²) in [5.74, 6) is -5.93. The number of rotatable bonds is 15. The zero-order valence-electron chi connectivity index (χ0n) is 20.2. The Balaban J connectivity index is -0.000000240. The molecule has 0 rings (SSSR count). The van der Waals surface area contributed by atoms with E-state index in [9.17, 15) is 29.7 Å². The van der Waals surface area contributed by atoms with Gasteiger partial charge in [-0.1, -0.05) is 0 Å². The van der Waals surface area contributed by atoms with E-state index in [0.717, 1.165) is 0 Å². The summed E-state index contributed by atoms with van der Waals surface area (Å²) in [4.78, 5) is 29.9. The topological polar surface area (TPSA) is 424 Å². The SMILES string of the molecule is O=C([O-])[C@H](O)[C@@H](O)[C@H](O)[C@H](O)CO.O=C([O-])[C@H](O)[C@@H](O)[C@H](O)[C@H](O)CO.O=C([O-])[C@H](O)[C@@H](O)[C@H](O)[C@H](O)CO.[Nd+3]. The van der Waals surface area contributed by atoms with Crippen LogP contribution in [-0.2, 0) is 14.4 Å². The molecule has 0 aromatic heterocycles. The number of aliphatic hydroxyl groups excluding tert-OH is 15. The average molecular weight is 730 g/mol. The fourth-order valence-corrected chi connectivity index (χ4v) is 1.99. The summed E-state index contributed by atoms with van der Waals surface area (Å²) >= 11 is 0. The maximum absolute atomic E-state index is 9.98.